The molecule has 0 aromatic carbocycles. The van der Waals surface area contributed by atoms with Gasteiger partial charge in [-0.25, -0.2) is 0 Å². The van der Waals surface area contributed by atoms with Crippen molar-refractivity contribution in [2.24, 2.45) is 0 Å². The molecule has 1 aliphatic rings. The van der Waals surface area contributed by atoms with Crippen LogP contribution in [0.1, 0.15) is 35.9 Å². The largest absolute Gasteiger partial charge is 0.397 e. The number of aryl methyl sites for hydroxylation is 1. The summed E-state index contributed by atoms with van der Waals surface area (Å²) in [6, 6.07) is 0. The first-order valence-electron chi connectivity index (χ1n) is 6.05. The molecule has 1 saturated heterocycles. The Morgan fingerprint density at radius 1 is 1.44 bits per heavy atom. The predicted molar refractivity (Wildman–Crippen MR) is 75.8 cm³/mol. The summed E-state index contributed by atoms with van der Waals surface area (Å²) in [6.45, 7) is 1.99. The molecule has 0 radical (unpaired) electrons. The zero-order chi connectivity index (χ0) is 12.5. The minimum Gasteiger partial charge on any atom is -0.397 e. The fraction of sp³-hybridized carbons (Fsp3) is 0.500. The molecule has 0 spiro atoms. The van der Waals surface area contributed by atoms with Gasteiger partial charge in [-0.05, 0) is 36.5 Å². The van der Waals surface area contributed by atoms with Crippen LogP contribution >= 0.6 is 23.1 Å². The molecule has 4 nitrogen and oxygen atoms in total. The second-order valence-electron chi connectivity index (χ2n) is 4.47. The zero-order valence-corrected chi connectivity index (χ0v) is 11.8. The third-order valence-corrected chi connectivity index (χ3v) is 5.60. The standard InChI is InChI=1S/C12H15N3OS2/c1-7-6-18-10(9(7)13)12-14-11(15-16-12)8-4-2-3-5-17-8/h6,8H,2-5,13H2,1H3. The molecule has 96 valence electrons. The molecule has 6 heteroatoms. The van der Waals surface area contributed by atoms with Crippen LogP contribution in [0.15, 0.2) is 9.90 Å². The Labute approximate surface area is 114 Å². The lowest BCUT2D eigenvalue weighted by molar-refractivity contribution is 0.421. The minimum absolute atomic E-state index is 0.388. The van der Waals surface area contributed by atoms with Crippen LogP contribution in [0.25, 0.3) is 10.8 Å². The molecule has 1 aliphatic heterocycles. The summed E-state index contributed by atoms with van der Waals surface area (Å²) in [7, 11) is 0. The van der Waals surface area contributed by atoms with Gasteiger partial charge in [0.15, 0.2) is 5.82 Å². The lowest BCUT2D eigenvalue weighted by atomic mass is 10.2. The number of hydrogen-bond acceptors (Lipinski definition) is 6. The Kier molecular flexibility index (Phi) is 3.30. The molecule has 0 amide bonds. The fourth-order valence-corrected chi connectivity index (χ4v) is 4.15. The number of nitrogen functional groups attached to an aromatic ring is 1. The maximum Gasteiger partial charge on any atom is 0.270 e. The summed E-state index contributed by atoms with van der Waals surface area (Å²) in [5, 5.41) is 6.52. The Morgan fingerprint density at radius 2 is 2.33 bits per heavy atom. The number of thiophene rings is 1. The SMILES string of the molecule is Cc1csc(-c2nc(C3CCCCS3)no2)c1N. The smallest absolute Gasteiger partial charge is 0.270 e. The zero-order valence-electron chi connectivity index (χ0n) is 10.2. The first kappa shape index (κ1) is 12.0. The minimum atomic E-state index is 0.388. The Balaban J connectivity index is 1.87. The summed E-state index contributed by atoms with van der Waals surface area (Å²) in [5.74, 6) is 2.57. The van der Waals surface area contributed by atoms with Gasteiger partial charge in [-0.15, -0.1) is 11.3 Å². The topological polar surface area (TPSA) is 64.9 Å². The monoisotopic (exact) mass is 281 g/mol. The van der Waals surface area contributed by atoms with E-state index in [4.69, 9.17) is 10.3 Å². The van der Waals surface area contributed by atoms with Crippen molar-refractivity contribution in [1.82, 2.24) is 10.1 Å². The van der Waals surface area contributed by atoms with E-state index >= 15 is 0 Å². The summed E-state index contributed by atoms with van der Waals surface area (Å²) >= 11 is 3.48. The number of hydrogen-bond donors (Lipinski definition) is 1. The number of nitrogens with two attached hydrogens (primary N) is 1. The van der Waals surface area contributed by atoms with Crippen molar-refractivity contribution in [1.29, 1.82) is 0 Å². The number of thioether (sulfide) groups is 1. The van der Waals surface area contributed by atoms with E-state index in [1.54, 1.807) is 11.3 Å². The van der Waals surface area contributed by atoms with Crippen molar-refractivity contribution in [3.05, 3.63) is 16.8 Å². The van der Waals surface area contributed by atoms with Crippen LogP contribution in [-0.2, 0) is 0 Å². The molecule has 2 aromatic rings. The van der Waals surface area contributed by atoms with Crippen LogP contribution < -0.4 is 5.73 Å². The molecule has 2 N–H and O–H groups in total. The van der Waals surface area contributed by atoms with E-state index in [1.165, 1.54) is 18.6 Å². The molecule has 1 fully saturated rings. The highest BCUT2D eigenvalue weighted by molar-refractivity contribution is 7.99. The van der Waals surface area contributed by atoms with Gasteiger partial charge in [0.25, 0.3) is 5.89 Å². The van der Waals surface area contributed by atoms with Gasteiger partial charge >= 0.3 is 0 Å². The van der Waals surface area contributed by atoms with E-state index in [0.717, 1.165) is 28.4 Å². The van der Waals surface area contributed by atoms with E-state index in [-0.39, 0.29) is 0 Å². The van der Waals surface area contributed by atoms with Gasteiger partial charge in [-0.1, -0.05) is 11.6 Å². The van der Waals surface area contributed by atoms with Crippen LogP contribution in [0, 0.1) is 6.92 Å². The van der Waals surface area contributed by atoms with Gasteiger partial charge in [0, 0.05) is 0 Å². The maximum atomic E-state index is 6.00. The number of rotatable bonds is 2. The average molecular weight is 281 g/mol. The third kappa shape index (κ3) is 2.14. The van der Waals surface area contributed by atoms with E-state index < -0.39 is 0 Å². The summed E-state index contributed by atoms with van der Waals surface area (Å²) in [5.41, 5.74) is 7.83. The molecule has 18 heavy (non-hydrogen) atoms. The molecule has 3 heterocycles. The Hall–Kier alpha value is -1.01. The van der Waals surface area contributed by atoms with Gasteiger partial charge in [0.05, 0.1) is 10.9 Å². The summed E-state index contributed by atoms with van der Waals surface area (Å²) < 4.78 is 5.35. The lowest BCUT2D eigenvalue weighted by Gasteiger charge is -2.17. The van der Waals surface area contributed by atoms with E-state index in [1.807, 2.05) is 24.1 Å². The first-order chi connectivity index (χ1) is 8.75. The highest BCUT2D eigenvalue weighted by Crippen LogP contribution is 2.39. The van der Waals surface area contributed by atoms with Gasteiger partial charge in [-0.2, -0.15) is 16.7 Å². The Morgan fingerprint density at radius 3 is 3.00 bits per heavy atom. The van der Waals surface area contributed by atoms with E-state index in [2.05, 4.69) is 10.1 Å². The van der Waals surface area contributed by atoms with Crippen molar-refractivity contribution >= 4 is 28.8 Å². The average Bonchev–Trinajstić information content (AvgIpc) is 3.00. The second-order valence-corrected chi connectivity index (χ2v) is 6.66. The van der Waals surface area contributed by atoms with Gasteiger partial charge < -0.3 is 10.3 Å². The van der Waals surface area contributed by atoms with Crippen molar-refractivity contribution < 1.29 is 4.52 Å². The third-order valence-electron chi connectivity index (χ3n) is 3.13. The first-order valence-corrected chi connectivity index (χ1v) is 7.97. The molecule has 1 atom stereocenters. The summed E-state index contributed by atoms with van der Waals surface area (Å²) in [4.78, 5) is 5.41. The number of aromatic nitrogens is 2. The lowest BCUT2D eigenvalue weighted by Crippen LogP contribution is -2.03. The normalized spacial score (nSPS) is 20.2. The summed E-state index contributed by atoms with van der Waals surface area (Å²) in [6.07, 6.45) is 3.69. The van der Waals surface area contributed by atoms with Crippen molar-refractivity contribution in [2.75, 3.05) is 11.5 Å². The molecule has 0 bridgehead atoms. The van der Waals surface area contributed by atoms with Crippen LogP contribution in [0.3, 0.4) is 0 Å². The van der Waals surface area contributed by atoms with Crippen LogP contribution in [-0.4, -0.2) is 15.9 Å². The van der Waals surface area contributed by atoms with Gasteiger partial charge in [-0.3, -0.25) is 0 Å². The predicted octanol–water partition coefficient (Wildman–Crippen LogP) is 3.65. The highest BCUT2D eigenvalue weighted by atomic mass is 32.2. The quantitative estimate of drug-likeness (QED) is 0.910. The van der Waals surface area contributed by atoms with Crippen molar-refractivity contribution in [3.63, 3.8) is 0 Å². The van der Waals surface area contributed by atoms with Crippen LogP contribution in [0.5, 0.6) is 0 Å². The molecular formula is C12H15N3OS2. The van der Waals surface area contributed by atoms with Crippen LogP contribution in [0.4, 0.5) is 5.69 Å². The molecule has 0 saturated carbocycles. The van der Waals surface area contributed by atoms with Crippen molar-refractivity contribution in [3.8, 4) is 10.8 Å². The van der Waals surface area contributed by atoms with E-state index in [9.17, 15) is 0 Å². The second kappa shape index (κ2) is 4.93. The van der Waals surface area contributed by atoms with Crippen molar-refractivity contribution in [2.45, 2.75) is 31.4 Å². The number of nitrogens with zero attached hydrogens (tertiary/aromatic N) is 2. The molecular weight excluding hydrogens is 266 g/mol. The molecule has 0 aliphatic carbocycles. The fourth-order valence-electron chi connectivity index (χ4n) is 2.02. The molecule has 3 rings (SSSR count). The molecule has 2 aromatic heterocycles. The van der Waals surface area contributed by atoms with Gasteiger partial charge in [0.1, 0.15) is 4.88 Å². The van der Waals surface area contributed by atoms with Crippen LogP contribution in [0.2, 0.25) is 0 Å². The van der Waals surface area contributed by atoms with Gasteiger partial charge in [0.2, 0.25) is 0 Å². The highest BCUT2D eigenvalue weighted by Gasteiger charge is 2.23. The maximum absolute atomic E-state index is 6.00. The van der Waals surface area contributed by atoms with E-state index in [0.29, 0.717) is 11.1 Å². The Bertz CT molecular complexity index is 543. The molecule has 1 unspecified atom stereocenters. The number of anilines is 1.